The third kappa shape index (κ3) is 3.61. The van der Waals surface area contributed by atoms with E-state index in [1.54, 1.807) is 4.90 Å². The quantitative estimate of drug-likeness (QED) is 0.822. The van der Waals surface area contributed by atoms with Crippen molar-refractivity contribution in [2.75, 3.05) is 13.7 Å². The van der Waals surface area contributed by atoms with E-state index >= 15 is 0 Å². The summed E-state index contributed by atoms with van der Waals surface area (Å²) < 4.78 is 4.74. The van der Waals surface area contributed by atoms with Crippen molar-refractivity contribution >= 4 is 12.1 Å². The number of carboxylic acid groups (broad SMARTS) is 1. The number of rotatable bonds is 3. The Morgan fingerprint density at radius 3 is 2.59 bits per heavy atom. The van der Waals surface area contributed by atoms with Crippen molar-refractivity contribution in [3.63, 3.8) is 0 Å². The molecule has 17 heavy (non-hydrogen) atoms. The standard InChI is InChI=1S/C12H21NO4/c1-8(2)6-10-7-9(11(14)15)4-5-13(10)12(16)17-3/h8-10H,4-7H2,1-3H3,(H,14,15). The number of ether oxygens (including phenoxy) is 1. The average Bonchev–Trinajstić information content (AvgIpc) is 2.27. The SMILES string of the molecule is COC(=O)N1CCC(C(=O)O)CC1CC(C)C. The lowest BCUT2D eigenvalue weighted by Crippen LogP contribution is -2.48. The highest BCUT2D eigenvalue weighted by atomic mass is 16.5. The molecule has 0 bridgehead atoms. The number of carboxylic acids is 1. The zero-order valence-corrected chi connectivity index (χ0v) is 10.7. The van der Waals surface area contributed by atoms with Crippen LogP contribution in [0.4, 0.5) is 4.79 Å². The Morgan fingerprint density at radius 2 is 2.12 bits per heavy atom. The van der Waals surface area contributed by atoms with E-state index in [4.69, 9.17) is 9.84 Å². The lowest BCUT2D eigenvalue weighted by molar-refractivity contribution is -0.144. The van der Waals surface area contributed by atoms with Gasteiger partial charge in [0.2, 0.25) is 0 Å². The molecule has 5 nitrogen and oxygen atoms in total. The fraction of sp³-hybridized carbons (Fsp3) is 0.833. The number of carbonyl (C=O) groups is 2. The molecular weight excluding hydrogens is 222 g/mol. The van der Waals surface area contributed by atoms with E-state index in [1.807, 2.05) is 0 Å². The average molecular weight is 243 g/mol. The van der Waals surface area contributed by atoms with Gasteiger partial charge in [-0.3, -0.25) is 4.79 Å². The molecule has 1 rings (SSSR count). The van der Waals surface area contributed by atoms with Gasteiger partial charge in [-0.05, 0) is 25.2 Å². The predicted molar refractivity (Wildman–Crippen MR) is 62.7 cm³/mol. The van der Waals surface area contributed by atoms with Crippen molar-refractivity contribution < 1.29 is 19.4 Å². The molecule has 2 unspecified atom stereocenters. The van der Waals surface area contributed by atoms with Gasteiger partial charge in [0.25, 0.3) is 0 Å². The molecule has 1 amide bonds. The molecule has 0 spiro atoms. The van der Waals surface area contributed by atoms with Crippen LogP contribution in [-0.2, 0) is 9.53 Å². The number of amides is 1. The number of hydrogen-bond donors (Lipinski definition) is 1. The van der Waals surface area contributed by atoms with Crippen LogP contribution in [-0.4, -0.2) is 41.8 Å². The van der Waals surface area contributed by atoms with Gasteiger partial charge in [0.15, 0.2) is 0 Å². The zero-order valence-electron chi connectivity index (χ0n) is 10.7. The van der Waals surface area contributed by atoms with E-state index in [2.05, 4.69) is 13.8 Å². The molecule has 1 aliphatic rings. The first-order valence-corrected chi connectivity index (χ1v) is 6.03. The van der Waals surface area contributed by atoms with Crippen LogP contribution in [0.25, 0.3) is 0 Å². The number of likely N-dealkylation sites (tertiary alicyclic amines) is 1. The highest BCUT2D eigenvalue weighted by Crippen LogP contribution is 2.27. The molecule has 1 N–H and O–H groups in total. The molecule has 0 aliphatic carbocycles. The first-order chi connectivity index (χ1) is 7.95. The Hall–Kier alpha value is -1.26. The number of aliphatic carboxylic acids is 1. The van der Waals surface area contributed by atoms with Crippen LogP contribution < -0.4 is 0 Å². The molecule has 1 fully saturated rings. The maximum Gasteiger partial charge on any atom is 0.409 e. The van der Waals surface area contributed by atoms with Gasteiger partial charge >= 0.3 is 12.1 Å². The molecule has 1 aliphatic heterocycles. The van der Waals surface area contributed by atoms with E-state index in [0.717, 1.165) is 6.42 Å². The fourth-order valence-electron chi connectivity index (χ4n) is 2.40. The lowest BCUT2D eigenvalue weighted by atomic mass is 9.87. The van der Waals surface area contributed by atoms with Gasteiger partial charge in [-0.15, -0.1) is 0 Å². The van der Waals surface area contributed by atoms with Crippen LogP contribution >= 0.6 is 0 Å². The van der Waals surface area contributed by atoms with Gasteiger partial charge in [0, 0.05) is 12.6 Å². The van der Waals surface area contributed by atoms with Crippen LogP contribution in [0.15, 0.2) is 0 Å². The molecule has 0 aromatic rings. The molecule has 1 saturated heterocycles. The highest BCUT2D eigenvalue weighted by molar-refractivity contribution is 5.72. The van der Waals surface area contributed by atoms with Gasteiger partial charge in [-0.1, -0.05) is 13.8 Å². The predicted octanol–water partition coefficient (Wildman–Crippen LogP) is 1.96. The van der Waals surface area contributed by atoms with Gasteiger partial charge in [-0.2, -0.15) is 0 Å². The fourth-order valence-corrected chi connectivity index (χ4v) is 2.40. The molecule has 0 aromatic carbocycles. The van der Waals surface area contributed by atoms with E-state index in [9.17, 15) is 9.59 Å². The lowest BCUT2D eigenvalue weighted by Gasteiger charge is -2.38. The monoisotopic (exact) mass is 243 g/mol. The Balaban J connectivity index is 2.71. The summed E-state index contributed by atoms with van der Waals surface area (Å²) in [5.74, 6) is -0.664. The summed E-state index contributed by atoms with van der Waals surface area (Å²) in [6.45, 7) is 4.61. The third-order valence-corrected chi connectivity index (χ3v) is 3.22. The van der Waals surface area contributed by atoms with Gasteiger partial charge in [0.05, 0.1) is 13.0 Å². The maximum absolute atomic E-state index is 11.6. The molecular formula is C12H21NO4. The van der Waals surface area contributed by atoms with Gasteiger partial charge in [0.1, 0.15) is 0 Å². The van der Waals surface area contributed by atoms with Crippen LogP contribution in [0.2, 0.25) is 0 Å². The number of nitrogens with zero attached hydrogens (tertiary/aromatic N) is 1. The second-order valence-electron chi connectivity index (χ2n) is 5.01. The zero-order chi connectivity index (χ0) is 13.0. The largest absolute Gasteiger partial charge is 0.481 e. The number of carbonyl (C=O) groups excluding carboxylic acids is 1. The number of methoxy groups -OCH3 is 1. The second-order valence-corrected chi connectivity index (χ2v) is 5.01. The Labute approximate surface area is 102 Å². The second kappa shape index (κ2) is 5.89. The van der Waals surface area contributed by atoms with Gasteiger partial charge < -0.3 is 14.7 Å². The minimum Gasteiger partial charge on any atom is -0.481 e. The van der Waals surface area contributed by atoms with Crippen LogP contribution in [0, 0.1) is 11.8 Å². The summed E-state index contributed by atoms with van der Waals surface area (Å²) in [7, 11) is 1.36. The smallest absolute Gasteiger partial charge is 0.409 e. The summed E-state index contributed by atoms with van der Waals surface area (Å²) in [6, 6.07) is -0.0164. The first kappa shape index (κ1) is 13.8. The molecule has 0 saturated carbocycles. The van der Waals surface area contributed by atoms with Crippen molar-refractivity contribution in [3.8, 4) is 0 Å². The molecule has 0 radical (unpaired) electrons. The summed E-state index contributed by atoms with van der Waals surface area (Å²) >= 11 is 0. The minimum absolute atomic E-state index is 0.0164. The van der Waals surface area contributed by atoms with Crippen molar-refractivity contribution in [3.05, 3.63) is 0 Å². The molecule has 1 heterocycles. The van der Waals surface area contributed by atoms with E-state index in [-0.39, 0.29) is 18.1 Å². The van der Waals surface area contributed by atoms with Crippen molar-refractivity contribution in [2.45, 2.75) is 39.2 Å². The van der Waals surface area contributed by atoms with Crippen LogP contribution in [0.5, 0.6) is 0 Å². The Bertz CT molecular complexity index is 290. The highest BCUT2D eigenvalue weighted by Gasteiger charge is 2.35. The molecule has 5 heteroatoms. The third-order valence-electron chi connectivity index (χ3n) is 3.22. The van der Waals surface area contributed by atoms with E-state index in [0.29, 0.717) is 25.3 Å². The Kier molecular flexibility index (Phi) is 4.78. The van der Waals surface area contributed by atoms with Crippen LogP contribution in [0.3, 0.4) is 0 Å². The topological polar surface area (TPSA) is 66.8 Å². The van der Waals surface area contributed by atoms with E-state index in [1.165, 1.54) is 7.11 Å². The molecule has 2 atom stereocenters. The summed E-state index contributed by atoms with van der Waals surface area (Å²) in [4.78, 5) is 24.3. The van der Waals surface area contributed by atoms with Crippen LogP contribution in [0.1, 0.15) is 33.1 Å². The van der Waals surface area contributed by atoms with Crippen molar-refractivity contribution in [2.24, 2.45) is 11.8 Å². The normalized spacial score (nSPS) is 24.8. The maximum atomic E-state index is 11.6. The minimum atomic E-state index is -0.761. The first-order valence-electron chi connectivity index (χ1n) is 6.03. The van der Waals surface area contributed by atoms with Crippen molar-refractivity contribution in [1.29, 1.82) is 0 Å². The summed E-state index contributed by atoms with van der Waals surface area (Å²) in [6.07, 6.45) is 1.51. The Morgan fingerprint density at radius 1 is 1.47 bits per heavy atom. The van der Waals surface area contributed by atoms with Gasteiger partial charge in [-0.25, -0.2) is 4.79 Å². The molecule has 0 aromatic heterocycles. The van der Waals surface area contributed by atoms with Crippen molar-refractivity contribution in [1.82, 2.24) is 4.90 Å². The molecule has 98 valence electrons. The number of hydrogen-bond acceptors (Lipinski definition) is 3. The summed E-state index contributed by atoms with van der Waals surface area (Å²) in [5.41, 5.74) is 0. The summed E-state index contributed by atoms with van der Waals surface area (Å²) in [5, 5.41) is 9.04. The number of piperidine rings is 1. The van der Waals surface area contributed by atoms with E-state index < -0.39 is 5.97 Å².